The van der Waals surface area contributed by atoms with E-state index in [1.165, 1.54) is 12.8 Å². The van der Waals surface area contributed by atoms with Gasteiger partial charge in [-0.2, -0.15) is 4.98 Å². The van der Waals surface area contributed by atoms with Crippen molar-refractivity contribution in [3.63, 3.8) is 0 Å². The van der Waals surface area contributed by atoms with E-state index in [9.17, 15) is 0 Å². The molecule has 0 saturated heterocycles. The first kappa shape index (κ1) is 14.2. The highest BCUT2D eigenvalue weighted by atomic mass is 127. The number of rotatable bonds is 4. The molecule has 96 valence electrons. The van der Waals surface area contributed by atoms with E-state index in [1.807, 2.05) is 0 Å². The Morgan fingerprint density at radius 1 is 1.47 bits per heavy atom. The summed E-state index contributed by atoms with van der Waals surface area (Å²) in [6, 6.07) is 0. The number of hydrogen-bond acceptors (Lipinski definition) is 4. The number of nitrogens with one attached hydrogen (secondary N) is 2. The number of guanidine groups is 1. The number of aryl methyl sites for hydroxylation is 1. The summed E-state index contributed by atoms with van der Waals surface area (Å²) < 4.78 is 4.88. The van der Waals surface area contributed by atoms with Crippen LogP contribution in [0.5, 0.6) is 0 Å². The van der Waals surface area contributed by atoms with Gasteiger partial charge in [-0.05, 0) is 18.8 Å². The van der Waals surface area contributed by atoms with E-state index in [-0.39, 0.29) is 24.0 Å². The first-order valence-electron chi connectivity index (χ1n) is 5.51. The molecule has 0 radical (unpaired) electrons. The zero-order valence-electron chi connectivity index (χ0n) is 10.1. The zero-order valence-corrected chi connectivity index (χ0v) is 12.4. The quantitative estimate of drug-likeness (QED) is 0.482. The van der Waals surface area contributed by atoms with Crippen LogP contribution in [0.15, 0.2) is 9.52 Å². The molecular formula is C10H18IN5O. The number of nitrogens with zero attached hydrogens (tertiary/aromatic N) is 3. The second-order valence-electron chi connectivity index (χ2n) is 3.98. The number of hydrogen-bond donors (Lipinski definition) is 2. The zero-order chi connectivity index (χ0) is 11.4. The first-order valence-corrected chi connectivity index (χ1v) is 5.51. The van der Waals surface area contributed by atoms with Crippen molar-refractivity contribution in [2.75, 3.05) is 13.6 Å². The SMILES string of the molecule is CN=C(NCc1noc(C)n1)NCC1CC1.I. The van der Waals surface area contributed by atoms with Crippen molar-refractivity contribution in [2.45, 2.75) is 26.3 Å². The Hall–Kier alpha value is -0.860. The molecule has 2 rings (SSSR count). The highest BCUT2D eigenvalue weighted by Gasteiger charge is 2.21. The van der Waals surface area contributed by atoms with Crippen molar-refractivity contribution in [3.05, 3.63) is 11.7 Å². The number of aliphatic imine (C=N–C) groups is 1. The lowest BCUT2D eigenvalue weighted by atomic mass is 10.4. The van der Waals surface area contributed by atoms with Gasteiger partial charge in [-0.1, -0.05) is 5.16 Å². The monoisotopic (exact) mass is 351 g/mol. The average Bonchev–Trinajstić information content (AvgIpc) is 3.02. The van der Waals surface area contributed by atoms with E-state index in [1.54, 1.807) is 14.0 Å². The molecule has 1 fully saturated rings. The maximum Gasteiger partial charge on any atom is 0.223 e. The smallest absolute Gasteiger partial charge is 0.223 e. The fourth-order valence-electron chi connectivity index (χ4n) is 1.36. The molecule has 1 aliphatic carbocycles. The van der Waals surface area contributed by atoms with Crippen molar-refractivity contribution in [3.8, 4) is 0 Å². The minimum absolute atomic E-state index is 0. The van der Waals surface area contributed by atoms with Gasteiger partial charge in [-0.25, -0.2) is 0 Å². The van der Waals surface area contributed by atoms with Crippen molar-refractivity contribution in [2.24, 2.45) is 10.9 Å². The van der Waals surface area contributed by atoms with E-state index in [2.05, 4.69) is 25.8 Å². The molecule has 0 aromatic carbocycles. The molecule has 1 aromatic heterocycles. The Kier molecular flexibility index (Phi) is 5.66. The van der Waals surface area contributed by atoms with Crippen molar-refractivity contribution < 1.29 is 4.52 Å². The lowest BCUT2D eigenvalue weighted by molar-refractivity contribution is 0.387. The molecule has 1 saturated carbocycles. The van der Waals surface area contributed by atoms with Crippen LogP contribution in [0.3, 0.4) is 0 Å². The van der Waals surface area contributed by atoms with E-state index in [4.69, 9.17) is 4.52 Å². The third-order valence-corrected chi connectivity index (χ3v) is 2.46. The summed E-state index contributed by atoms with van der Waals surface area (Å²) in [5, 5.41) is 10.2. The Balaban J connectivity index is 0.00000144. The highest BCUT2D eigenvalue weighted by molar-refractivity contribution is 14.0. The maximum absolute atomic E-state index is 4.88. The van der Waals surface area contributed by atoms with Crippen LogP contribution in [0, 0.1) is 12.8 Å². The second kappa shape index (κ2) is 6.77. The molecule has 1 heterocycles. The standard InChI is InChI=1S/C10H17N5O.HI/c1-7-14-9(15-16-7)6-13-10(11-2)12-5-8-3-4-8;/h8H,3-6H2,1-2H3,(H2,11,12,13);1H. The van der Waals surface area contributed by atoms with Crippen LogP contribution < -0.4 is 10.6 Å². The van der Waals surface area contributed by atoms with Gasteiger partial charge >= 0.3 is 0 Å². The lowest BCUT2D eigenvalue weighted by Crippen LogP contribution is -2.38. The summed E-state index contributed by atoms with van der Waals surface area (Å²) in [4.78, 5) is 8.22. The topological polar surface area (TPSA) is 75.3 Å². The maximum atomic E-state index is 4.88. The van der Waals surface area contributed by atoms with E-state index >= 15 is 0 Å². The van der Waals surface area contributed by atoms with Crippen LogP contribution in [0.4, 0.5) is 0 Å². The van der Waals surface area contributed by atoms with Gasteiger partial charge in [0.25, 0.3) is 0 Å². The van der Waals surface area contributed by atoms with E-state index in [0.29, 0.717) is 18.3 Å². The summed E-state index contributed by atoms with van der Waals surface area (Å²) in [5.74, 6) is 2.84. The van der Waals surface area contributed by atoms with Crippen LogP contribution in [0.25, 0.3) is 0 Å². The molecule has 1 aliphatic rings. The molecule has 1 aromatic rings. The van der Waals surface area contributed by atoms with Gasteiger partial charge in [0.1, 0.15) is 0 Å². The molecule has 7 heteroatoms. The van der Waals surface area contributed by atoms with Crippen LogP contribution in [-0.2, 0) is 6.54 Å². The first-order chi connectivity index (χ1) is 7.78. The number of halogens is 1. The molecule has 6 nitrogen and oxygen atoms in total. The summed E-state index contributed by atoms with van der Waals surface area (Å²) >= 11 is 0. The van der Waals surface area contributed by atoms with Crippen molar-refractivity contribution in [1.29, 1.82) is 0 Å². The molecule has 0 spiro atoms. The van der Waals surface area contributed by atoms with Gasteiger partial charge in [0, 0.05) is 20.5 Å². The van der Waals surface area contributed by atoms with E-state index < -0.39 is 0 Å². The Morgan fingerprint density at radius 3 is 2.76 bits per heavy atom. The molecule has 0 bridgehead atoms. The van der Waals surface area contributed by atoms with Gasteiger partial charge in [-0.3, -0.25) is 4.99 Å². The average molecular weight is 351 g/mol. The van der Waals surface area contributed by atoms with Crippen molar-refractivity contribution >= 4 is 29.9 Å². The van der Waals surface area contributed by atoms with Crippen LogP contribution in [-0.4, -0.2) is 29.7 Å². The Labute approximate surface area is 118 Å². The summed E-state index contributed by atoms with van der Waals surface area (Å²) in [5.41, 5.74) is 0. The fourth-order valence-corrected chi connectivity index (χ4v) is 1.36. The van der Waals surface area contributed by atoms with Crippen LogP contribution >= 0.6 is 24.0 Å². The molecule has 0 unspecified atom stereocenters. The third-order valence-electron chi connectivity index (χ3n) is 2.46. The molecule has 17 heavy (non-hydrogen) atoms. The molecule has 0 amide bonds. The van der Waals surface area contributed by atoms with Gasteiger partial charge in [0.2, 0.25) is 5.89 Å². The van der Waals surface area contributed by atoms with Crippen molar-refractivity contribution in [1.82, 2.24) is 20.8 Å². The molecular weight excluding hydrogens is 333 g/mol. The van der Waals surface area contributed by atoms with Crippen LogP contribution in [0.2, 0.25) is 0 Å². The highest BCUT2D eigenvalue weighted by Crippen LogP contribution is 2.27. The minimum Gasteiger partial charge on any atom is -0.356 e. The predicted molar refractivity (Wildman–Crippen MR) is 75.4 cm³/mol. The van der Waals surface area contributed by atoms with Gasteiger partial charge in [0.15, 0.2) is 11.8 Å². The molecule has 2 N–H and O–H groups in total. The number of aromatic nitrogens is 2. The minimum atomic E-state index is 0. The Morgan fingerprint density at radius 2 is 2.24 bits per heavy atom. The molecule has 0 atom stereocenters. The third kappa shape index (κ3) is 4.88. The lowest BCUT2D eigenvalue weighted by Gasteiger charge is -2.09. The normalized spacial score (nSPS) is 15.3. The fraction of sp³-hybridized carbons (Fsp3) is 0.700. The second-order valence-corrected chi connectivity index (χ2v) is 3.98. The summed E-state index contributed by atoms with van der Waals surface area (Å²) in [7, 11) is 1.75. The summed E-state index contributed by atoms with van der Waals surface area (Å²) in [6.45, 7) is 3.29. The van der Waals surface area contributed by atoms with E-state index in [0.717, 1.165) is 18.4 Å². The summed E-state index contributed by atoms with van der Waals surface area (Å²) in [6.07, 6.45) is 2.65. The Bertz CT molecular complexity index is 375. The van der Waals surface area contributed by atoms with Gasteiger partial charge in [-0.15, -0.1) is 24.0 Å². The largest absolute Gasteiger partial charge is 0.356 e. The van der Waals surface area contributed by atoms with Crippen LogP contribution in [0.1, 0.15) is 24.6 Å². The predicted octanol–water partition coefficient (Wildman–Crippen LogP) is 1.07. The van der Waals surface area contributed by atoms with Gasteiger partial charge < -0.3 is 15.2 Å². The van der Waals surface area contributed by atoms with Gasteiger partial charge in [0.05, 0.1) is 6.54 Å². The molecule has 0 aliphatic heterocycles.